The van der Waals surface area contributed by atoms with Gasteiger partial charge in [0.25, 0.3) is 0 Å². The number of nitrogens with two attached hydrogens (primary N) is 1. The van der Waals surface area contributed by atoms with E-state index in [9.17, 15) is 0 Å². The van der Waals surface area contributed by atoms with E-state index in [4.69, 9.17) is 22.6 Å². The number of nitriles is 1. The first kappa shape index (κ1) is 12.3. The van der Waals surface area contributed by atoms with Crippen LogP contribution in [0, 0.1) is 18.3 Å². The van der Waals surface area contributed by atoms with Crippen LogP contribution in [0.25, 0.3) is 0 Å². The molecule has 3 nitrogen and oxygen atoms in total. The van der Waals surface area contributed by atoms with Crippen molar-refractivity contribution in [3.05, 3.63) is 52.5 Å². The Morgan fingerprint density at radius 3 is 2.72 bits per heavy atom. The van der Waals surface area contributed by atoms with E-state index in [1.165, 1.54) is 0 Å². The summed E-state index contributed by atoms with van der Waals surface area (Å²) in [5.74, 6) is 0. The highest BCUT2D eigenvalue weighted by atomic mass is 35.5. The average Bonchev–Trinajstić information content (AvgIpc) is 2.35. The lowest BCUT2D eigenvalue weighted by atomic mass is 10.1. The molecule has 0 unspecified atom stereocenters. The van der Waals surface area contributed by atoms with Gasteiger partial charge in [0.05, 0.1) is 22.0 Å². The number of benzene rings is 2. The van der Waals surface area contributed by atoms with E-state index in [1.54, 1.807) is 24.3 Å². The Morgan fingerprint density at radius 1 is 1.28 bits per heavy atom. The summed E-state index contributed by atoms with van der Waals surface area (Å²) in [7, 11) is 0. The number of rotatable bonds is 2. The van der Waals surface area contributed by atoms with Crippen molar-refractivity contribution < 1.29 is 0 Å². The molecule has 2 aromatic rings. The SMILES string of the molecule is Cc1cccc(Cl)c1Nc1ccc(N)cc1C#N. The van der Waals surface area contributed by atoms with Crippen molar-refractivity contribution in [3.8, 4) is 6.07 Å². The summed E-state index contributed by atoms with van der Waals surface area (Å²) >= 11 is 6.14. The van der Waals surface area contributed by atoms with E-state index in [1.807, 2.05) is 19.1 Å². The highest BCUT2D eigenvalue weighted by Crippen LogP contribution is 2.30. The molecule has 90 valence electrons. The summed E-state index contributed by atoms with van der Waals surface area (Å²) in [5, 5.41) is 12.9. The van der Waals surface area contributed by atoms with Crippen LogP contribution < -0.4 is 11.1 Å². The van der Waals surface area contributed by atoms with E-state index in [0.717, 1.165) is 11.3 Å². The zero-order valence-electron chi connectivity index (χ0n) is 9.87. The molecular formula is C14H12ClN3. The fraction of sp³-hybridized carbons (Fsp3) is 0.0714. The van der Waals surface area contributed by atoms with Gasteiger partial charge in [0.1, 0.15) is 6.07 Å². The van der Waals surface area contributed by atoms with Crippen LogP contribution in [0.5, 0.6) is 0 Å². The normalized spacial score (nSPS) is 9.83. The zero-order chi connectivity index (χ0) is 13.1. The molecule has 0 atom stereocenters. The lowest BCUT2D eigenvalue weighted by Gasteiger charge is -2.12. The third-order valence-electron chi connectivity index (χ3n) is 2.65. The second kappa shape index (κ2) is 4.99. The number of nitrogens with one attached hydrogen (secondary N) is 1. The molecule has 0 heterocycles. The molecule has 0 saturated heterocycles. The molecule has 0 aliphatic carbocycles. The number of hydrogen-bond donors (Lipinski definition) is 2. The number of anilines is 3. The maximum absolute atomic E-state index is 9.08. The summed E-state index contributed by atoms with van der Waals surface area (Å²) < 4.78 is 0. The number of nitrogens with zero attached hydrogens (tertiary/aromatic N) is 1. The van der Waals surface area contributed by atoms with Gasteiger partial charge in [0, 0.05) is 5.69 Å². The largest absolute Gasteiger partial charge is 0.399 e. The highest BCUT2D eigenvalue weighted by molar-refractivity contribution is 6.33. The summed E-state index contributed by atoms with van der Waals surface area (Å²) in [5.41, 5.74) is 9.23. The first-order valence-electron chi connectivity index (χ1n) is 5.43. The van der Waals surface area contributed by atoms with Gasteiger partial charge in [-0.05, 0) is 36.8 Å². The lowest BCUT2D eigenvalue weighted by Crippen LogP contribution is -1.97. The minimum atomic E-state index is 0.495. The van der Waals surface area contributed by atoms with E-state index in [2.05, 4.69) is 11.4 Å². The Balaban J connectivity index is 2.44. The van der Waals surface area contributed by atoms with Gasteiger partial charge >= 0.3 is 0 Å². The summed E-state index contributed by atoms with van der Waals surface area (Å²) in [6, 6.07) is 12.9. The molecule has 18 heavy (non-hydrogen) atoms. The van der Waals surface area contributed by atoms with Crippen LogP contribution in [-0.4, -0.2) is 0 Å². The molecule has 0 bridgehead atoms. The van der Waals surface area contributed by atoms with Crippen LogP contribution in [0.2, 0.25) is 5.02 Å². The predicted octanol–water partition coefficient (Wildman–Crippen LogP) is 3.85. The average molecular weight is 258 g/mol. The first-order valence-corrected chi connectivity index (χ1v) is 5.81. The topological polar surface area (TPSA) is 61.8 Å². The van der Waals surface area contributed by atoms with Gasteiger partial charge in [-0.3, -0.25) is 0 Å². The second-order valence-corrected chi connectivity index (χ2v) is 4.38. The molecule has 0 saturated carbocycles. The van der Waals surface area contributed by atoms with E-state index < -0.39 is 0 Å². The van der Waals surface area contributed by atoms with Crippen molar-refractivity contribution in [1.82, 2.24) is 0 Å². The Hall–Kier alpha value is -2.18. The van der Waals surface area contributed by atoms with Gasteiger partial charge in [-0.1, -0.05) is 23.7 Å². The number of halogens is 1. The quantitative estimate of drug-likeness (QED) is 0.804. The van der Waals surface area contributed by atoms with E-state index >= 15 is 0 Å². The molecule has 4 heteroatoms. The summed E-state index contributed by atoms with van der Waals surface area (Å²) in [6.45, 7) is 1.96. The molecule has 0 amide bonds. The molecule has 3 N–H and O–H groups in total. The highest BCUT2D eigenvalue weighted by Gasteiger charge is 2.07. The van der Waals surface area contributed by atoms with E-state index in [-0.39, 0.29) is 0 Å². The Labute approximate surface area is 111 Å². The second-order valence-electron chi connectivity index (χ2n) is 3.97. The molecule has 0 spiro atoms. The van der Waals surface area contributed by atoms with Crippen molar-refractivity contribution in [3.63, 3.8) is 0 Å². The Bertz CT molecular complexity index is 609. The number of hydrogen-bond acceptors (Lipinski definition) is 3. The number of para-hydroxylation sites is 1. The predicted molar refractivity (Wildman–Crippen MR) is 75.0 cm³/mol. The van der Waals surface area contributed by atoms with Gasteiger partial charge in [-0.15, -0.1) is 0 Å². The molecule has 0 aliphatic rings. The Kier molecular flexibility index (Phi) is 3.40. The molecule has 0 radical (unpaired) electrons. The molecule has 0 fully saturated rings. The fourth-order valence-corrected chi connectivity index (χ4v) is 1.96. The monoisotopic (exact) mass is 257 g/mol. The Morgan fingerprint density at radius 2 is 2.06 bits per heavy atom. The number of aryl methyl sites for hydroxylation is 1. The molecule has 0 aromatic heterocycles. The minimum absolute atomic E-state index is 0.495. The molecule has 0 aliphatic heterocycles. The van der Waals surface area contributed by atoms with Gasteiger partial charge in [0.2, 0.25) is 0 Å². The fourth-order valence-electron chi connectivity index (χ4n) is 1.69. The molecular weight excluding hydrogens is 246 g/mol. The lowest BCUT2D eigenvalue weighted by molar-refractivity contribution is 1.41. The van der Waals surface area contributed by atoms with Crippen molar-refractivity contribution in [2.75, 3.05) is 11.1 Å². The maximum Gasteiger partial charge on any atom is 0.101 e. The van der Waals surface area contributed by atoms with Gasteiger partial charge in [0.15, 0.2) is 0 Å². The summed E-state index contributed by atoms with van der Waals surface area (Å²) in [4.78, 5) is 0. The van der Waals surface area contributed by atoms with Crippen molar-refractivity contribution >= 4 is 28.7 Å². The van der Waals surface area contributed by atoms with Crippen LogP contribution in [-0.2, 0) is 0 Å². The van der Waals surface area contributed by atoms with Gasteiger partial charge < -0.3 is 11.1 Å². The first-order chi connectivity index (χ1) is 8.61. The smallest absolute Gasteiger partial charge is 0.101 e. The van der Waals surface area contributed by atoms with Crippen LogP contribution in [0.15, 0.2) is 36.4 Å². The maximum atomic E-state index is 9.08. The van der Waals surface area contributed by atoms with Crippen LogP contribution in [0.4, 0.5) is 17.1 Å². The third kappa shape index (κ3) is 2.39. The van der Waals surface area contributed by atoms with Gasteiger partial charge in [-0.25, -0.2) is 0 Å². The standard InChI is InChI=1S/C14H12ClN3/c1-9-3-2-4-12(15)14(9)18-13-6-5-11(17)7-10(13)8-16/h2-7,18H,17H2,1H3. The third-order valence-corrected chi connectivity index (χ3v) is 2.96. The van der Waals surface area contributed by atoms with Crippen molar-refractivity contribution in [2.45, 2.75) is 6.92 Å². The van der Waals surface area contributed by atoms with Crippen LogP contribution in [0.1, 0.15) is 11.1 Å². The molecule has 2 aromatic carbocycles. The van der Waals surface area contributed by atoms with Crippen LogP contribution >= 0.6 is 11.6 Å². The van der Waals surface area contributed by atoms with Gasteiger partial charge in [-0.2, -0.15) is 5.26 Å². The molecule has 2 rings (SSSR count). The number of nitrogen functional groups attached to an aromatic ring is 1. The van der Waals surface area contributed by atoms with E-state index in [0.29, 0.717) is 22.0 Å². The zero-order valence-corrected chi connectivity index (χ0v) is 10.6. The van der Waals surface area contributed by atoms with Crippen molar-refractivity contribution in [2.24, 2.45) is 0 Å². The van der Waals surface area contributed by atoms with Crippen molar-refractivity contribution in [1.29, 1.82) is 5.26 Å². The van der Waals surface area contributed by atoms with Crippen LogP contribution in [0.3, 0.4) is 0 Å². The minimum Gasteiger partial charge on any atom is -0.399 e. The summed E-state index contributed by atoms with van der Waals surface area (Å²) in [6.07, 6.45) is 0.